The normalized spacial score (nSPS) is 19.0. The van der Waals surface area contributed by atoms with Crippen LogP contribution in [0, 0.1) is 5.92 Å². The molecule has 0 radical (unpaired) electrons. The largest absolute Gasteiger partial charge is 0.340 e. The first kappa shape index (κ1) is 19.7. The highest BCUT2D eigenvalue weighted by Gasteiger charge is 2.36. The number of pyridine rings is 1. The van der Waals surface area contributed by atoms with Gasteiger partial charge in [-0.2, -0.15) is 0 Å². The Bertz CT molecular complexity index is 1040. The molecule has 2 fully saturated rings. The van der Waals surface area contributed by atoms with Crippen molar-refractivity contribution in [3.8, 4) is 11.3 Å². The van der Waals surface area contributed by atoms with Gasteiger partial charge in [0.2, 0.25) is 5.91 Å². The van der Waals surface area contributed by atoms with Gasteiger partial charge < -0.3 is 10.2 Å². The number of para-hydroxylation sites is 1. The van der Waals surface area contributed by atoms with Crippen molar-refractivity contribution >= 4 is 17.4 Å². The Labute approximate surface area is 182 Å². The van der Waals surface area contributed by atoms with Crippen molar-refractivity contribution in [2.24, 2.45) is 5.92 Å². The maximum absolute atomic E-state index is 13.1. The lowest BCUT2D eigenvalue weighted by molar-refractivity contribution is -0.142. The van der Waals surface area contributed by atoms with E-state index in [9.17, 15) is 4.79 Å². The van der Waals surface area contributed by atoms with Crippen LogP contribution in [0.5, 0.6) is 0 Å². The summed E-state index contributed by atoms with van der Waals surface area (Å²) in [5.74, 6) is 1.93. The first-order chi connectivity index (χ1) is 15.3. The molecule has 1 saturated heterocycles. The van der Waals surface area contributed by atoms with Crippen LogP contribution < -0.4 is 5.32 Å². The monoisotopic (exact) mass is 413 g/mol. The van der Waals surface area contributed by atoms with Crippen LogP contribution in [0.2, 0.25) is 0 Å². The first-order valence-electron chi connectivity index (χ1n) is 11.2. The number of rotatable bonds is 5. The maximum Gasteiger partial charge on any atom is 0.226 e. The van der Waals surface area contributed by atoms with Gasteiger partial charge in [-0.3, -0.25) is 9.78 Å². The zero-order chi connectivity index (χ0) is 21.0. The third-order valence-electron chi connectivity index (χ3n) is 6.30. The van der Waals surface area contributed by atoms with Gasteiger partial charge in [0.1, 0.15) is 5.82 Å². The van der Waals surface area contributed by atoms with Crippen LogP contribution in [0.3, 0.4) is 0 Å². The summed E-state index contributed by atoms with van der Waals surface area (Å²) in [5, 5.41) is 3.41. The molecule has 3 heterocycles. The number of benzene rings is 1. The quantitative estimate of drug-likeness (QED) is 0.627. The fourth-order valence-corrected chi connectivity index (χ4v) is 4.37. The predicted molar refractivity (Wildman–Crippen MR) is 121 cm³/mol. The van der Waals surface area contributed by atoms with Gasteiger partial charge in [-0.05, 0) is 56.4 Å². The van der Waals surface area contributed by atoms with Crippen LogP contribution >= 0.6 is 0 Å². The van der Waals surface area contributed by atoms with E-state index < -0.39 is 0 Å². The number of amides is 1. The maximum atomic E-state index is 13.1. The van der Waals surface area contributed by atoms with E-state index in [0.717, 1.165) is 73.7 Å². The number of carbonyl (C=O) groups is 1. The van der Waals surface area contributed by atoms with E-state index in [-0.39, 0.29) is 17.9 Å². The van der Waals surface area contributed by atoms with E-state index >= 15 is 0 Å². The second-order valence-corrected chi connectivity index (χ2v) is 8.39. The molecule has 1 atom stereocenters. The standard InChI is InChI=1S/C25H27N5O/c31-25(19-7-6-8-19)30-16-5-4-11-22(30)24-28-21(18-12-14-26-15-13-18)17-23(29-24)27-20-9-2-1-3-10-20/h1-3,9-10,12-15,17,19,22H,4-8,11,16H2,(H,27,28,29)/t22-/m0/s1. The fourth-order valence-electron chi connectivity index (χ4n) is 4.37. The molecule has 1 amide bonds. The number of nitrogens with zero attached hydrogens (tertiary/aromatic N) is 4. The van der Waals surface area contributed by atoms with Crippen molar-refractivity contribution < 1.29 is 4.79 Å². The average molecular weight is 414 g/mol. The highest BCUT2D eigenvalue weighted by Crippen LogP contribution is 2.36. The minimum Gasteiger partial charge on any atom is -0.340 e. The van der Waals surface area contributed by atoms with Gasteiger partial charge in [0.05, 0.1) is 11.7 Å². The van der Waals surface area contributed by atoms with E-state index in [0.29, 0.717) is 0 Å². The summed E-state index contributed by atoms with van der Waals surface area (Å²) in [6, 6.07) is 15.8. The van der Waals surface area contributed by atoms with Gasteiger partial charge in [-0.1, -0.05) is 24.6 Å². The van der Waals surface area contributed by atoms with E-state index in [1.807, 2.05) is 53.4 Å². The molecular formula is C25H27N5O. The molecule has 1 saturated carbocycles. The van der Waals surface area contributed by atoms with Gasteiger partial charge in [0.15, 0.2) is 5.82 Å². The third-order valence-corrected chi connectivity index (χ3v) is 6.30. The summed E-state index contributed by atoms with van der Waals surface area (Å²) in [7, 11) is 0. The highest BCUT2D eigenvalue weighted by atomic mass is 16.2. The van der Waals surface area contributed by atoms with E-state index in [2.05, 4.69) is 10.3 Å². The van der Waals surface area contributed by atoms with Crippen LogP contribution in [0.4, 0.5) is 11.5 Å². The smallest absolute Gasteiger partial charge is 0.226 e. The Morgan fingerprint density at radius 2 is 1.74 bits per heavy atom. The Morgan fingerprint density at radius 3 is 2.48 bits per heavy atom. The zero-order valence-electron chi connectivity index (χ0n) is 17.6. The topological polar surface area (TPSA) is 71.0 Å². The Balaban J connectivity index is 1.52. The number of aromatic nitrogens is 3. The van der Waals surface area contributed by atoms with E-state index in [4.69, 9.17) is 9.97 Å². The van der Waals surface area contributed by atoms with Crippen LogP contribution in [-0.4, -0.2) is 32.3 Å². The zero-order valence-corrected chi connectivity index (χ0v) is 17.6. The number of likely N-dealkylation sites (tertiary alicyclic amines) is 1. The minimum atomic E-state index is -0.0695. The van der Waals surface area contributed by atoms with Gasteiger partial charge in [0, 0.05) is 42.2 Å². The summed E-state index contributed by atoms with van der Waals surface area (Å²) in [6.07, 6.45) is 9.78. The summed E-state index contributed by atoms with van der Waals surface area (Å²) >= 11 is 0. The molecule has 1 aliphatic carbocycles. The number of hydrogen-bond acceptors (Lipinski definition) is 5. The molecule has 158 valence electrons. The Kier molecular flexibility index (Phi) is 5.61. The lowest BCUT2D eigenvalue weighted by Crippen LogP contribution is -2.44. The average Bonchev–Trinajstić information content (AvgIpc) is 2.79. The SMILES string of the molecule is O=C(C1CCC1)N1CCCC[C@H]1c1nc(Nc2ccccc2)cc(-c2ccncc2)n1. The van der Waals surface area contributed by atoms with Crippen molar-refractivity contribution in [3.05, 3.63) is 66.7 Å². The number of anilines is 2. The summed E-state index contributed by atoms with van der Waals surface area (Å²) in [5.41, 5.74) is 2.80. The summed E-state index contributed by atoms with van der Waals surface area (Å²) in [4.78, 5) is 29.1. The van der Waals surface area contributed by atoms with Gasteiger partial charge >= 0.3 is 0 Å². The third kappa shape index (κ3) is 4.29. The molecule has 1 aliphatic heterocycles. The molecule has 1 N–H and O–H groups in total. The number of nitrogens with one attached hydrogen (secondary N) is 1. The predicted octanol–water partition coefficient (Wildman–Crippen LogP) is 5.14. The van der Waals surface area contributed by atoms with Gasteiger partial charge in [0.25, 0.3) is 0 Å². The molecule has 6 heteroatoms. The van der Waals surface area contributed by atoms with Crippen molar-refractivity contribution in [3.63, 3.8) is 0 Å². The second-order valence-electron chi connectivity index (χ2n) is 8.39. The molecule has 3 aromatic rings. The Morgan fingerprint density at radius 1 is 0.935 bits per heavy atom. The molecule has 2 aliphatic rings. The van der Waals surface area contributed by atoms with Crippen LogP contribution in [0.15, 0.2) is 60.9 Å². The molecule has 1 aromatic carbocycles. The number of carbonyl (C=O) groups excluding carboxylic acids is 1. The lowest BCUT2D eigenvalue weighted by Gasteiger charge is -2.39. The van der Waals surface area contributed by atoms with Crippen molar-refractivity contribution in [1.29, 1.82) is 0 Å². The molecule has 0 spiro atoms. The first-order valence-corrected chi connectivity index (χ1v) is 11.2. The second kappa shape index (κ2) is 8.84. The molecule has 0 bridgehead atoms. The number of hydrogen-bond donors (Lipinski definition) is 1. The van der Waals surface area contributed by atoms with E-state index in [1.165, 1.54) is 0 Å². The molecule has 0 unspecified atom stereocenters. The molecule has 6 nitrogen and oxygen atoms in total. The summed E-state index contributed by atoms with van der Waals surface area (Å²) in [6.45, 7) is 0.796. The molecule has 31 heavy (non-hydrogen) atoms. The number of piperidine rings is 1. The van der Waals surface area contributed by atoms with E-state index in [1.54, 1.807) is 12.4 Å². The Hall–Kier alpha value is -3.28. The van der Waals surface area contributed by atoms with Crippen LogP contribution in [0.25, 0.3) is 11.3 Å². The minimum absolute atomic E-state index is 0.0695. The van der Waals surface area contributed by atoms with Crippen LogP contribution in [0.1, 0.15) is 50.4 Å². The van der Waals surface area contributed by atoms with Crippen molar-refractivity contribution in [2.75, 3.05) is 11.9 Å². The highest BCUT2D eigenvalue weighted by molar-refractivity contribution is 5.80. The molecular weight excluding hydrogens is 386 g/mol. The van der Waals surface area contributed by atoms with Gasteiger partial charge in [-0.15, -0.1) is 0 Å². The van der Waals surface area contributed by atoms with Crippen molar-refractivity contribution in [1.82, 2.24) is 19.9 Å². The molecule has 2 aromatic heterocycles. The molecule has 5 rings (SSSR count). The van der Waals surface area contributed by atoms with Crippen molar-refractivity contribution in [2.45, 2.75) is 44.6 Å². The van der Waals surface area contributed by atoms with Crippen LogP contribution in [-0.2, 0) is 4.79 Å². The summed E-state index contributed by atoms with van der Waals surface area (Å²) < 4.78 is 0. The lowest BCUT2D eigenvalue weighted by atomic mass is 9.83. The van der Waals surface area contributed by atoms with Gasteiger partial charge in [-0.25, -0.2) is 9.97 Å². The fraction of sp³-hybridized carbons (Fsp3) is 0.360.